The Morgan fingerprint density at radius 1 is 1.07 bits per heavy atom. The lowest BCUT2D eigenvalue weighted by atomic mass is 10.1. The molecule has 0 spiro atoms. The predicted octanol–water partition coefficient (Wildman–Crippen LogP) is 3.53. The summed E-state index contributed by atoms with van der Waals surface area (Å²) in [5.41, 5.74) is 1.30. The normalized spacial score (nSPS) is 16.7. The van der Waals surface area contributed by atoms with Crippen LogP contribution in [0.15, 0.2) is 58.0 Å². The number of benzene rings is 2. The van der Waals surface area contributed by atoms with Crippen molar-refractivity contribution in [1.82, 2.24) is 13.8 Å². The third kappa shape index (κ3) is 3.61. The Balaban J connectivity index is 1.81. The van der Waals surface area contributed by atoms with Crippen molar-refractivity contribution in [3.63, 3.8) is 0 Å². The summed E-state index contributed by atoms with van der Waals surface area (Å²) < 4.78 is 42.4. The zero-order chi connectivity index (χ0) is 19.9. The number of hydrogen-bond acceptors (Lipinski definition) is 4. The molecule has 148 valence electrons. The molecule has 0 N–H and O–H groups in total. The highest BCUT2D eigenvalue weighted by molar-refractivity contribution is 9.10. The van der Waals surface area contributed by atoms with Gasteiger partial charge in [0.15, 0.2) is 0 Å². The monoisotopic (exact) mass is 465 g/mol. The standard InChI is InChI=1S/C20H21BrFN3O2S/c1-23-8-10-24(11-9-23)13-15-14-25(19-7-6-16(22)12-17(15)19)28(26,27)20-5-3-2-4-18(20)21/h2-7,12,14H,8-11,13H2,1H3. The highest BCUT2D eigenvalue weighted by atomic mass is 79.9. The van der Waals surface area contributed by atoms with Crippen LogP contribution >= 0.6 is 15.9 Å². The van der Waals surface area contributed by atoms with E-state index < -0.39 is 10.0 Å². The quantitative estimate of drug-likeness (QED) is 0.591. The lowest BCUT2D eigenvalue weighted by Gasteiger charge is -2.32. The minimum atomic E-state index is -3.82. The van der Waals surface area contributed by atoms with E-state index in [1.807, 2.05) is 0 Å². The summed E-state index contributed by atoms with van der Waals surface area (Å²) >= 11 is 3.33. The number of fused-ring (bicyclic) bond motifs is 1. The summed E-state index contributed by atoms with van der Waals surface area (Å²) in [4.78, 5) is 4.72. The van der Waals surface area contributed by atoms with Crippen molar-refractivity contribution < 1.29 is 12.8 Å². The first-order valence-corrected chi connectivity index (χ1v) is 11.3. The molecule has 1 fully saturated rings. The molecule has 4 rings (SSSR count). The minimum Gasteiger partial charge on any atom is -0.304 e. The van der Waals surface area contributed by atoms with Gasteiger partial charge in [0, 0.05) is 48.8 Å². The Hall–Kier alpha value is -1.74. The van der Waals surface area contributed by atoms with Crippen molar-refractivity contribution in [3.05, 3.63) is 64.5 Å². The van der Waals surface area contributed by atoms with Crippen LogP contribution < -0.4 is 0 Å². The number of halogens is 2. The molecule has 0 bridgehead atoms. The topological polar surface area (TPSA) is 45.5 Å². The highest BCUT2D eigenvalue weighted by Crippen LogP contribution is 2.30. The van der Waals surface area contributed by atoms with Gasteiger partial charge in [-0.1, -0.05) is 12.1 Å². The van der Waals surface area contributed by atoms with Gasteiger partial charge in [0.2, 0.25) is 0 Å². The van der Waals surface area contributed by atoms with E-state index in [4.69, 9.17) is 0 Å². The molecular weight excluding hydrogens is 445 g/mol. The molecule has 5 nitrogen and oxygen atoms in total. The molecule has 0 radical (unpaired) electrons. The zero-order valence-corrected chi connectivity index (χ0v) is 17.9. The Morgan fingerprint density at radius 2 is 1.79 bits per heavy atom. The molecule has 1 aromatic heterocycles. The predicted molar refractivity (Wildman–Crippen MR) is 111 cm³/mol. The van der Waals surface area contributed by atoms with E-state index in [0.717, 1.165) is 31.7 Å². The van der Waals surface area contributed by atoms with E-state index in [1.54, 1.807) is 30.5 Å². The fourth-order valence-electron chi connectivity index (χ4n) is 3.57. The first-order valence-electron chi connectivity index (χ1n) is 9.07. The SMILES string of the molecule is CN1CCN(Cc2cn(S(=O)(=O)c3ccccc3Br)c3ccc(F)cc23)CC1. The first-order chi connectivity index (χ1) is 13.4. The van der Waals surface area contributed by atoms with Crippen LogP contribution in [0, 0.1) is 5.82 Å². The van der Waals surface area contributed by atoms with Gasteiger partial charge in [0.1, 0.15) is 10.7 Å². The molecule has 0 unspecified atom stereocenters. The Labute approximate surface area is 172 Å². The van der Waals surface area contributed by atoms with Gasteiger partial charge in [-0.2, -0.15) is 0 Å². The summed E-state index contributed by atoms with van der Waals surface area (Å²) in [5, 5.41) is 0.634. The fraction of sp³-hybridized carbons (Fsp3) is 0.300. The molecule has 0 atom stereocenters. The number of rotatable bonds is 4. The summed E-state index contributed by atoms with van der Waals surface area (Å²) in [6, 6.07) is 11.0. The van der Waals surface area contributed by atoms with E-state index in [-0.39, 0.29) is 10.7 Å². The molecule has 0 saturated carbocycles. The van der Waals surface area contributed by atoms with Gasteiger partial charge in [-0.05, 0) is 58.9 Å². The van der Waals surface area contributed by atoms with Crippen molar-refractivity contribution in [3.8, 4) is 0 Å². The summed E-state index contributed by atoms with van der Waals surface area (Å²) in [7, 11) is -1.73. The van der Waals surface area contributed by atoms with Crippen LogP contribution in [0.2, 0.25) is 0 Å². The summed E-state index contributed by atoms with van der Waals surface area (Å²) in [5.74, 6) is -0.372. The van der Waals surface area contributed by atoms with Gasteiger partial charge in [-0.25, -0.2) is 16.8 Å². The maximum atomic E-state index is 14.0. The van der Waals surface area contributed by atoms with E-state index >= 15 is 0 Å². The Bertz CT molecular complexity index is 1120. The van der Waals surface area contributed by atoms with Gasteiger partial charge in [0.05, 0.1) is 5.52 Å². The van der Waals surface area contributed by atoms with Gasteiger partial charge in [-0.3, -0.25) is 4.90 Å². The van der Waals surface area contributed by atoms with Crippen LogP contribution in [0.3, 0.4) is 0 Å². The first kappa shape index (κ1) is 19.6. The largest absolute Gasteiger partial charge is 0.304 e. The number of aromatic nitrogens is 1. The molecule has 2 heterocycles. The van der Waals surface area contributed by atoms with E-state index in [9.17, 15) is 12.8 Å². The van der Waals surface area contributed by atoms with Crippen LogP contribution in [0.5, 0.6) is 0 Å². The third-order valence-corrected chi connectivity index (χ3v) is 7.86. The molecule has 0 amide bonds. The number of piperazine rings is 1. The van der Waals surface area contributed by atoms with E-state index in [2.05, 4.69) is 32.8 Å². The molecule has 28 heavy (non-hydrogen) atoms. The third-order valence-electron chi connectivity index (χ3n) is 5.18. The molecule has 0 aliphatic carbocycles. The lowest BCUT2D eigenvalue weighted by molar-refractivity contribution is 0.148. The highest BCUT2D eigenvalue weighted by Gasteiger charge is 2.24. The average Bonchev–Trinajstić information content (AvgIpc) is 3.02. The lowest BCUT2D eigenvalue weighted by Crippen LogP contribution is -2.43. The maximum Gasteiger partial charge on any atom is 0.269 e. The van der Waals surface area contributed by atoms with Crippen molar-refractivity contribution >= 4 is 36.9 Å². The summed E-state index contributed by atoms with van der Waals surface area (Å²) in [6.45, 7) is 4.31. The van der Waals surface area contributed by atoms with Gasteiger partial charge >= 0.3 is 0 Å². The fourth-order valence-corrected chi connectivity index (χ4v) is 5.93. The van der Waals surface area contributed by atoms with Crippen LogP contribution in [-0.4, -0.2) is 55.4 Å². The van der Waals surface area contributed by atoms with Crippen molar-refractivity contribution in [2.24, 2.45) is 0 Å². The van der Waals surface area contributed by atoms with E-state index in [1.165, 1.54) is 22.2 Å². The molecule has 8 heteroatoms. The number of likely N-dealkylation sites (N-methyl/N-ethyl adjacent to an activating group) is 1. The van der Waals surface area contributed by atoms with Crippen LogP contribution in [0.1, 0.15) is 5.56 Å². The zero-order valence-electron chi connectivity index (χ0n) is 15.5. The van der Waals surface area contributed by atoms with Crippen LogP contribution in [0.25, 0.3) is 10.9 Å². The molecular formula is C20H21BrFN3O2S. The second-order valence-electron chi connectivity index (χ2n) is 7.13. The van der Waals surface area contributed by atoms with Crippen molar-refractivity contribution in [2.75, 3.05) is 33.2 Å². The Kier molecular flexibility index (Phi) is 5.30. The average molecular weight is 466 g/mol. The summed E-state index contributed by atoms with van der Waals surface area (Å²) in [6.07, 6.45) is 1.64. The maximum absolute atomic E-state index is 14.0. The van der Waals surface area contributed by atoms with Crippen LogP contribution in [-0.2, 0) is 16.6 Å². The van der Waals surface area contributed by atoms with Crippen LogP contribution in [0.4, 0.5) is 4.39 Å². The molecule has 3 aromatic rings. The van der Waals surface area contributed by atoms with E-state index in [0.29, 0.717) is 21.9 Å². The van der Waals surface area contributed by atoms with Gasteiger partial charge in [0.25, 0.3) is 10.0 Å². The second kappa shape index (κ2) is 7.59. The molecule has 1 aliphatic heterocycles. The molecule has 2 aromatic carbocycles. The Morgan fingerprint density at radius 3 is 2.50 bits per heavy atom. The van der Waals surface area contributed by atoms with Gasteiger partial charge < -0.3 is 4.90 Å². The molecule has 1 saturated heterocycles. The number of hydrogen-bond donors (Lipinski definition) is 0. The minimum absolute atomic E-state index is 0.183. The number of nitrogens with zero attached hydrogens (tertiary/aromatic N) is 3. The van der Waals surface area contributed by atoms with Gasteiger partial charge in [-0.15, -0.1) is 0 Å². The smallest absolute Gasteiger partial charge is 0.269 e. The van der Waals surface area contributed by atoms with Crippen molar-refractivity contribution in [2.45, 2.75) is 11.4 Å². The van der Waals surface area contributed by atoms with Crippen molar-refractivity contribution in [1.29, 1.82) is 0 Å². The molecule has 1 aliphatic rings. The second-order valence-corrected chi connectivity index (χ2v) is 9.76.